The van der Waals surface area contributed by atoms with Crippen LogP contribution in [0.25, 0.3) is 22.6 Å². The molecule has 0 fully saturated rings. The summed E-state index contributed by atoms with van der Waals surface area (Å²) in [6, 6.07) is 7.83. The van der Waals surface area contributed by atoms with Gasteiger partial charge in [0.1, 0.15) is 11.3 Å². The molecule has 3 rings (SSSR count). The normalized spacial score (nSPS) is 11.1. The molecule has 6 heteroatoms. The van der Waals surface area contributed by atoms with Crippen molar-refractivity contribution in [1.82, 2.24) is 4.98 Å². The summed E-state index contributed by atoms with van der Waals surface area (Å²) in [4.78, 5) is 4.21. The number of fused-ring (bicyclic) bond motifs is 1. The van der Waals surface area contributed by atoms with Crippen molar-refractivity contribution < 1.29 is 8.81 Å². The van der Waals surface area contributed by atoms with E-state index in [1.807, 2.05) is 0 Å². The lowest BCUT2D eigenvalue weighted by Crippen LogP contribution is -1.85. The highest BCUT2D eigenvalue weighted by molar-refractivity contribution is 9.10. The third-order valence-electron chi connectivity index (χ3n) is 2.67. The summed E-state index contributed by atoms with van der Waals surface area (Å²) in [5, 5.41) is 0.392. The van der Waals surface area contributed by atoms with Crippen molar-refractivity contribution >= 4 is 44.3 Å². The first-order valence-electron chi connectivity index (χ1n) is 5.35. The lowest BCUT2D eigenvalue weighted by atomic mass is 10.2. The second-order valence-corrected chi connectivity index (χ2v) is 5.31. The fourth-order valence-electron chi connectivity index (χ4n) is 1.74. The number of nitrogens with zero attached hydrogens (tertiary/aromatic N) is 1. The van der Waals surface area contributed by atoms with E-state index < -0.39 is 5.82 Å². The Hall–Kier alpha value is -1.59. The van der Waals surface area contributed by atoms with Gasteiger partial charge in [-0.3, -0.25) is 0 Å². The summed E-state index contributed by atoms with van der Waals surface area (Å²) in [5.74, 6) is -0.221. The molecule has 0 spiro atoms. The van der Waals surface area contributed by atoms with E-state index >= 15 is 0 Å². The van der Waals surface area contributed by atoms with Crippen molar-refractivity contribution in [2.75, 3.05) is 5.73 Å². The molecule has 1 heterocycles. The molecule has 0 amide bonds. The van der Waals surface area contributed by atoms with Crippen LogP contribution in [0.15, 0.2) is 39.2 Å². The topological polar surface area (TPSA) is 52.0 Å². The number of nitrogens with two attached hydrogens (primary N) is 1. The number of halogens is 3. The van der Waals surface area contributed by atoms with Crippen LogP contribution in [0.3, 0.4) is 0 Å². The van der Waals surface area contributed by atoms with E-state index in [4.69, 9.17) is 21.8 Å². The quantitative estimate of drug-likeness (QED) is 0.656. The second kappa shape index (κ2) is 4.51. The Balaban J connectivity index is 2.20. The average Bonchev–Trinajstić information content (AvgIpc) is 2.72. The summed E-state index contributed by atoms with van der Waals surface area (Å²) in [7, 11) is 0. The highest BCUT2D eigenvalue weighted by Gasteiger charge is 2.14. The molecule has 0 radical (unpaired) electrons. The van der Waals surface area contributed by atoms with Crippen molar-refractivity contribution in [3.05, 3.63) is 45.6 Å². The molecule has 0 saturated carbocycles. The highest BCUT2D eigenvalue weighted by Crippen LogP contribution is 2.31. The van der Waals surface area contributed by atoms with Gasteiger partial charge in [0.15, 0.2) is 5.58 Å². The van der Waals surface area contributed by atoms with Crippen LogP contribution in [0, 0.1) is 5.82 Å². The standard InChI is InChI=1S/C13H7BrClFN2O/c14-6-1-2-7(9(16)3-6)13-18-11-4-8(15)10(17)5-12(11)19-13/h1-5H,17H2. The Morgan fingerprint density at radius 1 is 1.26 bits per heavy atom. The molecule has 19 heavy (non-hydrogen) atoms. The average molecular weight is 342 g/mol. The van der Waals surface area contributed by atoms with Gasteiger partial charge >= 0.3 is 0 Å². The van der Waals surface area contributed by atoms with Crippen LogP contribution in [0.2, 0.25) is 5.02 Å². The Kier molecular flexibility index (Phi) is 2.95. The van der Waals surface area contributed by atoms with Gasteiger partial charge in [-0.2, -0.15) is 0 Å². The SMILES string of the molecule is Nc1cc2oc(-c3ccc(Br)cc3F)nc2cc1Cl. The fraction of sp³-hybridized carbons (Fsp3) is 0. The molecule has 0 aliphatic rings. The first kappa shape index (κ1) is 12.4. The zero-order valence-electron chi connectivity index (χ0n) is 9.45. The van der Waals surface area contributed by atoms with Gasteiger partial charge in [0.25, 0.3) is 0 Å². The molecule has 0 atom stereocenters. The molecule has 0 aliphatic heterocycles. The number of oxazole rings is 1. The molecular weight excluding hydrogens is 335 g/mol. The largest absolute Gasteiger partial charge is 0.436 e. The minimum absolute atomic E-state index is 0.196. The predicted octanol–water partition coefficient (Wildman–Crippen LogP) is 4.63. The zero-order valence-corrected chi connectivity index (χ0v) is 11.8. The maximum atomic E-state index is 13.8. The van der Waals surface area contributed by atoms with Crippen molar-refractivity contribution in [2.24, 2.45) is 0 Å². The highest BCUT2D eigenvalue weighted by atomic mass is 79.9. The van der Waals surface area contributed by atoms with Gasteiger partial charge in [0, 0.05) is 10.5 Å². The van der Waals surface area contributed by atoms with Crippen LogP contribution >= 0.6 is 27.5 Å². The van der Waals surface area contributed by atoms with Crippen molar-refractivity contribution in [3.8, 4) is 11.5 Å². The number of anilines is 1. The summed E-state index contributed by atoms with van der Waals surface area (Å²) in [6.07, 6.45) is 0. The summed E-state index contributed by atoms with van der Waals surface area (Å²) in [5.41, 5.74) is 7.38. The Morgan fingerprint density at radius 3 is 2.79 bits per heavy atom. The van der Waals surface area contributed by atoms with E-state index in [2.05, 4.69) is 20.9 Å². The van der Waals surface area contributed by atoms with E-state index in [0.717, 1.165) is 0 Å². The molecule has 1 aromatic heterocycles. The van der Waals surface area contributed by atoms with Gasteiger partial charge < -0.3 is 10.2 Å². The van der Waals surface area contributed by atoms with Gasteiger partial charge in [0.2, 0.25) is 5.89 Å². The van der Waals surface area contributed by atoms with Crippen LogP contribution in [-0.4, -0.2) is 4.98 Å². The number of benzene rings is 2. The van der Waals surface area contributed by atoms with Gasteiger partial charge in [-0.25, -0.2) is 9.37 Å². The van der Waals surface area contributed by atoms with E-state index in [9.17, 15) is 4.39 Å². The van der Waals surface area contributed by atoms with Crippen LogP contribution in [0.4, 0.5) is 10.1 Å². The van der Waals surface area contributed by atoms with Crippen LogP contribution in [-0.2, 0) is 0 Å². The molecule has 3 nitrogen and oxygen atoms in total. The molecule has 3 aromatic rings. The number of hydrogen-bond donors (Lipinski definition) is 1. The molecule has 0 unspecified atom stereocenters. The van der Waals surface area contributed by atoms with Crippen molar-refractivity contribution in [2.45, 2.75) is 0 Å². The van der Waals surface area contributed by atoms with Gasteiger partial charge in [-0.05, 0) is 24.3 Å². The van der Waals surface area contributed by atoms with Gasteiger partial charge in [-0.1, -0.05) is 27.5 Å². The molecule has 96 valence electrons. The zero-order chi connectivity index (χ0) is 13.6. The van der Waals surface area contributed by atoms with E-state index in [0.29, 0.717) is 26.3 Å². The van der Waals surface area contributed by atoms with Gasteiger partial charge in [0.05, 0.1) is 16.3 Å². The molecule has 0 bridgehead atoms. The number of rotatable bonds is 1. The number of aromatic nitrogens is 1. The minimum Gasteiger partial charge on any atom is -0.436 e. The van der Waals surface area contributed by atoms with Crippen molar-refractivity contribution in [1.29, 1.82) is 0 Å². The molecule has 2 aromatic carbocycles. The third-order valence-corrected chi connectivity index (χ3v) is 3.49. The first-order valence-corrected chi connectivity index (χ1v) is 6.52. The van der Waals surface area contributed by atoms with E-state index in [1.165, 1.54) is 6.07 Å². The maximum Gasteiger partial charge on any atom is 0.230 e. The lowest BCUT2D eigenvalue weighted by Gasteiger charge is -1.98. The lowest BCUT2D eigenvalue weighted by molar-refractivity contribution is 0.593. The summed E-state index contributed by atoms with van der Waals surface area (Å²) in [6.45, 7) is 0. The Labute approximate surface area is 121 Å². The third kappa shape index (κ3) is 2.19. The molecule has 0 saturated heterocycles. The second-order valence-electron chi connectivity index (χ2n) is 3.98. The van der Waals surface area contributed by atoms with E-state index in [-0.39, 0.29) is 11.5 Å². The molecule has 2 N–H and O–H groups in total. The monoisotopic (exact) mass is 340 g/mol. The maximum absolute atomic E-state index is 13.8. The van der Waals surface area contributed by atoms with Crippen LogP contribution < -0.4 is 5.73 Å². The Morgan fingerprint density at radius 2 is 2.05 bits per heavy atom. The number of hydrogen-bond acceptors (Lipinski definition) is 3. The molecular formula is C13H7BrClFN2O. The van der Waals surface area contributed by atoms with E-state index in [1.54, 1.807) is 24.3 Å². The van der Waals surface area contributed by atoms with Crippen LogP contribution in [0.5, 0.6) is 0 Å². The van der Waals surface area contributed by atoms with Crippen molar-refractivity contribution in [3.63, 3.8) is 0 Å². The van der Waals surface area contributed by atoms with Gasteiger partial charge in [-0.15, -0.1) is 0 Å². The smallest absolute Gasteiger partial charge is 0.230 e. The fourth-order valence-corrected chi connectivity index (χ4v) is 2.23. The Bertz CT molecular complexity index is 749. The number of nitrogen functional groups attached to an aromatic ring is 1. The summed E-state index contributed by atoms with van der Waals surface area (Å²) < 4.78 is 20.0. The van der Waals surface area contributed by atoms with Crippen LogP contribution in [0.1, 0.15) is 0 Å². The predicted molar refractivity (Wildman–Crippen MR) is 76.5 cm³/mol. The summed E-state index contributed by atoms with van der Waals surface area (Å²) >= 11 is 9.11. The first-order chi connectivity index (χ1) is 9.04. The molecule has 0 aliphatic carbocycles. The minimum atomic E-state index is -0.417.